The summed E-state index contributed by atoms with van der Waals surface area (Å²) >= 11 is 0. The van der Waals surface area contributed by atoms with Crippen LogP contribution in [0.1, 0.15) is 12.2 Å². The quantitative estimate of drug-likeness (QED) is 0.562. The minimum atomic E-state index is -3.14. The molecule has 0 aliphatic carbocycles. The Bertz CT molecular complexity index is 509. The molecule has 0 saturated heterocycles. The molecule has 0 unspecified atom stereocenters. The van der Waals surface area contributed by atoms with Gasteiger partial charge in [0.25, 0.3) is 5.92 Å². The average Bonchev–Trinajstić information content (AvgIpc) is 2.76. The lowest BCUT2D eigenvalue weighted by molar-refractivity contribution is -0.389. The molecule has 0 aliphatic heterocycles. The van der Waals surface area contributed by atoms with Gasteiger partial charge in [-0.05, 0) is 9.91 Å². The number of rotatable bonds is 7. The first kappa shape index (κ1) is 19.2. The van der Waals surface area contributed by atoms with Gasteiger partial charge >= 0.3 is 5.82 Å². The highest BCUT2D eigenvalue weighted by atomic mass is 35.5. The Hall–Kier alpha value is -1.81. The minimum Gasteiger partial charge on any atom is -0.358 e. The second-order valence-electron chi connectivity index (χ2n) is 4.18. The van der Waals surface area contributed by atoms with E-state index in [-0.39, 0.29) is 31.2 Å². The van der Waals surface area contributed by atoms with Gasteiger partial charge in [0.1, 0.15) is 6.20 Å². The van der Waals surface area contributed by atoms with Crippen LogP contribution >= 0.6 is 12.4 Å². The molecule has 1 amide bonds. The number of nitro groups is 1. The maximum Gasteiger partial charge on any atom is 0.381 e. The minimum absolute atomic E-state index is 0. The zero-order chi connectivity index (χ0) is 15.3. The number of imidazole rings is 1. The molecule has 0 radical (unpaired) electrons. The smallest absolute Gasteiger partial charge is 0.358 e. The fourth-order valence-corrected chi connectivity index (χ4v) is 1.42. The molecular weight excluding hydrogens is 312 g/mol. The van der Waals surface area contributed by atoms with Gasteiger partial charge in [-0.15, -0.1) is 12.4 Å². The summed E-state index contributed by atoms with van der Waals surface area (Å²) in [5, 5.41) is 12.6. The zero-order valence-corrected chi connectivity index (χ0v) is 12.0. The Kier molecular flexibility index (Phi) is 7.16. The number of amides is 1. The van der Waals surface area contributed by atoms with Crippen LogP contribution in [0.15, 0.2) is 6.20 Å². The van der Waals surface area contributed by atoms with Crippen molar-refractivity contribution in [1.82, 2.24) is 14.9 Å². The molecule has 0 bridgehead atoms. The lowest BCUT2D eigenvalue weighted by atomic mass is 10.3. The molecule has 3 N–H and O–H groups in total. The Balaban J connectivity index is 0.00000400. The van der Waals surface area contributed by atoms with Gasteiger partial charge in [-0.25, -0.2) is 8.78 Å². The Morgan fingerprint density at radius 2 is 2.24 bits per heavy atom. The largest absolute Gasteiger partial charge is 0.381 e. The van der Waals surface area contributed by atoms with E-state index in [2.05, 4.69) is 10.3 Å². The van der Waals surface area contributed by atoms with Crippen molar-refractivity contribution < 1.29 is 18.5 Å². The van der Waals surface area contributed by atoms with Crippen molar-refractivity contribution in [3.8, 4) is 0 Å². The summed E-state index contributed by atoms with van der Waals surface area (Å²) in [5.41, 5.74) is 4.83. The van der Waals surface area contributed by atoms with Crippen molar-refractivity contribution in [3.63, 3.8) is 0 Å². The first-order valence-corrected chi connectivity index (χ1v) is 5.78. The van der Waals surface area contributed by atoms with Crippen LogP contribution in [0.5, 0.6) is 0 Å². The van der Waals surface area contributed by atoms with Crippen molar-refractivity contribution in [2.24, 2.45) is 5.73 Å². The molecular formula is C10H16ClF2N5O3. The van der Waals surface area contributed by atoms with E-state index in [0.29, 0.717) is 5.82 Å². The molecule has 1 heterocycles. The third-order valence-electron chi connectivity index (χ3n) is 2.57. The van der Waals surface area contributed by atoms with Crippen molar-refractivity contribution in [2.45, 2.75) is 25.8 Å². The van der Waals surface area contributed by atoms with E-state index in [9.17, 15) is 23.7 Å². The van der Waals surface area contributed by atoms with Crippen molar-refractivity contribution in [3.05, 3.63) is 22.1 Å². The molecule has 21 heavy (non-hydrogen) atoms. The molecule has 120 valence electrons. The Morgan fingerprint density at radius 1 is 1.62 bits per heavy atom. The van der Waals surface area contributed by atoms with Gasteiger partial charge in [-0.2, -0.15) is 0 Å². The highest BCUT2D eigenvalue weighted by Crippen LogP contribution is 2.11. The summed E-state index contributed by atoms with van der Waals surface area (Å²) in [6.07, 6.45) is 1.10. The van der Waals surface area contributed by atoms with Crippen LogP contribution in [0, 0.1) is 17.0 Å². The molecule has 11 heteroatoms. The molecule has 0 aromatic carbocycles. The first-order valence-electron chi connectivity index (χ1n) is 5.78. The number of halogens is 3. The number of alkyl halides is 2. The van der Waals surface area contributed by atoms with Crippen LogP contribution in [-0.2, 0) is 11.3 Å². The highest BCUT2D eigenvalue weighted by Gasteiger charge is 2.27. The zero-order valence-electron chi connectivity index (χ0n) is 11.2. The van der Waals surface area contributed by atoms with E-state index < -0.39 is 29.8 Å². The summed E-state index contributed by atoms with van der Waals surface area (Å²) in [6.45, 7) is -0.00826. The predicted octanol–water partition coefficient (Wildman–Crippen LogP) is 0.622. The summed E-state index contributed by atoms with van der Waals surface area (Å²) in [7, 11) is 0. The summed E-state index contributed by atoms with van der Waals surface area (Å²) < 4.78 is 27.0. The molecule has 0 saturated carbocycles. The third-order valence-corrected chi connectivity index (χ3v) is 2.57. The molecule has 0 aliphatic rings. The van der Waals surface area contributed by atoms with E-state index >= 15 is 0 Å². The molecule has 0 spiro atoms. The molecule has 8 nitrogen and oxygen atoms in total. The van der Waals surface area contributed by atoms with E-state index in [1.165, 1.54) is 10.8 Å². The fourth-order valence-electron chi connectivity index (χ4n) is 1.42. The van der Waals surface area contributed by atoms with Crippen molar-refractivity contribution >= 4 is 24.1 Å². The fraction of sp³-hybridized carbons (Fsp3) is 0.600. The number of aromatic nitrogens is 2. The molecule has 1 aromatic rings. The second-order valence-corrected chi connectivity index (χ2v) is 4.18. The van der Waals surface area contributed by atoms with Crippen LogP contribution in [0.2, 0.25) is 0 Å². The number of hydrogen-bond donors (Lipinski definition) is 2. The van der Waals surface area contributed by atoms with Gasteiger partial charge in [-0.1, -0.05) is 0 Å². The lowest BCUT2D eigenvalue weighted by Gasteiger charge is -2.14. The van der Waals surface area contributed by atoms with Gasteiger partial charge in [0.05, 0.1) is 13.1 Å². The number of carbonyl (C=O) groups is 1. The normalized spacial score (nSPS) is 10.9. The van der Waals surface area contributed by atoms with Crippen molar-refractivity contribution in [1.29, 1.82) is 0 Å². The number of nitrogens with two attached hydrogens (primary N) is 1. The predicted molar refractivity (Wildman–Crippen MR) is 72.5 cm³/mol. The maximum absolute atomic E-state index is 12.8. The number of carbonyl (C=O) groups excluding carboxylic acids is 1. The summed E-state index contributed by atoms with van der Waals surface area (Å²) in [5.74, 6) is -3.68. The van der Waals surface area contributed by atoms with E-state index in [1.54, 1.807) is 6.92 Å². The van der Waals surface area contributed by atoms with Crippen LogP contribution in [0.25, 0.3) is 0 Å². The first-order chi connectivity index (χ1) is 9.25. The number of nitrogens with one attached hydrogen (secondary N) is 1. The monoisotopic (exact) mass is 327 g/mol. The number of aryl methyl sites for hydroxylation is 2. The molecule has 1 rings (SSSR count). The van der Waals surface area contributed by atoms with Crippen LogP contribution in [0.4, 0.5) is 14.6 Å². The van der Waals surface area contributed by atoms with Crippen LogP contribution in [-0.4, -0.2) is 39.4 Å². The van der Waals surface area contributed by atoms with Crippen LogP contribution < -0.4 is 11.1 Å². The number of hydrogen-bond acceptors (Lipinski definition) is 5. The maximum atomic E-state index is 12.8. The molecule has 0 fully saturated rings. The standard InChI is InChI=1S/C10H15F2N5O3.ClH/c1-7-15-8(17(19)20)4-16(7)3-2-9(18)14-6-10(11,12)5-13;/h4H,2-3,5-6,13H2,1H3,(H,14,18);1H. The van der Waals surface area contributed by atoms with E-state index in [4.69, 9.17) is 5.73 Å². The van der Waals surface area contributed by atoms with Gasteiger partial charge < -0.3 is 25.7 Å². The second kappa shape index (κ2) is 7.84. The van der Waals surface area contributed by atoms with E-state index in [0.717, 1.165) is 0 Å². The van der Waals surface area contributed by atoms with Crippen molar-refractivity contribution in [2.75, 3.05) is 13.1 Å². The van der Waals surface area contributed by atoms with Gasteiger partial charge in [0.15, 0.2) is 0 Å². The number of nitrogens with zero attached hydrogens (tertiary/aromatic N) is 3. The Morgan fingerprint density at radius 3 is 2.71 bits per heavy atom. The van der Waals surface area contributed by atoms with Gasteiger partial charge in [-0.3, -0.25) is 4.79 Å². The van der Waals surface area contributed by atoms with Crippen LogP contribution in [0.3, 0.4) is 0 Å². The molecule has 0 atom stereocenters. The van der Waals surface area contributed by atoms with E-state index in [1.807, 2.05) is 0 Å². The average molecular weight is 328 g/mol. The molecule has 1 aromatic heterocycles. The lowest BCUT2D eigenvalue weighted by Crippen LogP contribution is -2.41. The summed E-state index contributed by atoms with van der Waals surface area (Å²) in [6, 6.07) is 0. The Labute approximate surface area is 125 Å². The highest BCUT2D eigenvalue weighted by molar-refractivity contribution is 5.85. The topological polar surface area (TPSA) is 116 Å². The van der Waals surface area contributed by atoms with Gasteiger partial charge in [0, 0.05) is 19.9 Å². The van der Waals surface area contributed by atoms with Gasteiger partial charge in [0.2, 0.25) is 11.7 Å². The SMILES string of the molecule is Cc1nc([N+](=O)[O-])cn1CCC(=O)NCC(F)(F)CN.Cl. The summed E-state index contributed by atoms with van der Waals surface area (Å²) in [4.78, 5) is 24.9. The third kappa shape index (κ3) is 6.00.